The molecule has 5 rings (SSSR count). The van der Waals surface area contributed by atoms with E-state index in [1.807, 2.05) is 19.9 Å². The summed E-state index contributed by atoms with van der Waals surface area (Å²) >= 11 is 1.28. The Hall–Kier alpha value is -3.93. The number of primary amides is 1. The molecule has 2 atom stereocenters. The zero-order valence-corrected chi connectivity index (χ0v) is 23.9. The van der Waals surface area contributed by atoms with E-state index in [0.717, 1.165) is 41.5 Å². The number of amides is 2. The van der Waals surface area contributed by atoms with E-state index in [1.165, 1.54) is 29.5 Å². The van der Waals surface area contributed by atoms with Crippen molar-refractivity contribution in [3.8, 4) is 0 Å². The third kappa shape index (κ3) is 5.92. The van der Waals surface area contributed by atoms with Crippen molar-refractivity contribution in [2.75, 3.05) is 24.2 Å². The zero-order valence-electron chi connectivity index (χ0n) is 23.1. The summed E-state index contributed by atoms with van der Waals surface area (Å²) < 4.78 is 14.6. The van der Waals surface area contributed by atoms with Gasteiger partial charge in [-0.2, -0.15) is 0 Å². The molecule has 1 unspecified atom stereocenters. The quantitative estimate of drug-likeness (QED) is 0.193. The standard InChI is InChI=1S/C30H33FN6O3S/c1-30(2)14-25-18(27(30)38)12-24(41-25)29(40)36-21-11-16(6-8-19(21)31)20(32)13-22(28(33)39)35-26-9-7-17(15-34-26)23-5-4-10-37(23)3/h6-9,11-13,15,23,27,32,38H,4-5,10,14H2,1-3H3,(H2,33,39)(H,34,35)(H,36,40)/b22-13+,32-20?/t23-,27?/m0/s1. The number of pyridine rings is 1. The number of carbonyl (C=O) groups excluding carboxylic acids is 2. The van der Waals surface area contributed by atoms with Gasteiger partial charge in [-0.3, -0.25) is 14.5 Å². The fourth-order valence-corrected chi connectivity index (χ4v) is 6.70. The molecule has 2 aliphatic rings. The number of benzene rings is 1. The molecule has 0 radical (unpaired) electrons. The van der Waals surface area contributed by atoms with Gasteiger partial charge in [0.1, 0.15) is 17.3 Å². The second kappa shape index (κ2) is 11.2. The lowest BCUT2D eigenvalue weighted by atomic mass is 9.88. The van der Waals surface area contributed by atoms with E-state index in [0.29, 0.717) is 23.2 Å². The molecule has 1 aliphatic heterocycles. The van der Waals surface area contributed by atoms with Gasteiger partial charge in [-0.1, -0.05) is 19.9 Å². The van der Waals surface area contributed by atoms with Crippen LogP contribution >= 0.6 is 11.3 Å². The van der Waals surface area contributed by atoms with Crippen LogP contribution in [-0.4, -0.2) is 46.1 Å². The largest absolute Gasteiger partial charge is 0.388 e. The number of nitrogens with one attached hydrogen (secondary N) is 3. The number of nitrogens with zero attached hydrogens (tertiary/aromatic N) is 2. The number of hydrogen-bond acceptors (Lipinski definition) is 8. The molecule has 214 valence electrons. The molecule has 1 fully saturated rings. The zero-order chi connectivity index (χ0) is 29.5. The van der Waals surface area contributed by atoms with Gasteiger partial charge >= 0.3 is 0 Å². The van der Waals surface area contributed by atoms with Gasteiger partial charge < -0.3 is 26.9 Å². The number of aliphatic hydroxyl groups is 1. The van der Waals surface area contributed by atoms with Crippen molar-refractivity contribution in [3.05, 3.63) is 86.6 Å². The van der Waals surface area contributed by atoms with Gasteiger partial charge in [0.25, 0.3) is 11.8 Å². The first-order valence-electron chi connectivity index (χ1n) is 13.4. The van der Waals surface area contributed by atoms with E-state index in [9.17, 15) is 19.1 Å². The van der Waals surface area contributed by atoms with Gasteiger partial charge in [0, 0.05) is 22.7 Å². The number of carbonyl (C=O) groups is 2. The van der Waals surface area contributed by atoms with E-state index in [4.69, 9.17) is 11.1 Å². The number of aliphatic hydroxyl groups excluding tert-OH is 1. The molecule has 1 aromatic carbocycles. The van der Waals surface area contributed by atoms with Crippen LogP contribution in [0.3, 0.4) is 0 Å². The molecular weight excluding hydrogens is 543 g/mol. The first-order valence-corrected chi connectivity index (χ1v) is 14.2. The Bertz CT molecular complexity index is 1550. The highest BCUT2D eigenvalue weighted by Crippen LogP contribution is 2.48. The lowest BCUT2D eigenvalue weighted by Gasteiger charge is -2.22. The summed E-state index contributed by atoms with van der Waals surface area (Å²) in [6.45, 7) is 4.97. The normalized spacial score (nSPS) is 20.1. The Morgan fingerprint density at radius 2 is 2.02 bits per heavy atom. The van der Waals surface area contributed by atoms with Crippen molar-refractivity contribution in [2.24, 2.45) is 11.1 Å². The molecule has 9 nitrogen and oxygen atoms in total. The highest BCUT2D eigenvalue weighted by Gasteiger charge is 2.40. The molecule has 0 spiro atoms. The summed E-state index contributed by atoms with van der Waals surface area (Å²) in [4.78, 5) is 33.1. The van der Waals surface area contributed by atoms with E-state index < -0.39 is 23.7 Å². The number of rotatable bonds is 8. The summed E-state index contributed by atoms with van der Waals surface area (Å²) in [5.41, 5.74) is 7.06. The Balaban J connectivity index is 1.30. The Labute approximate surface area is 241 Å². The number of hydrogen-bond donors (Lipinski definition) is 5. The monoisotopic (exact) mass is 576 g/mol. The van der Waals surface area contributed by atoms with Gasteiger partial charge in [-0.25, -0.2) is 9.37 Å². The van der Waals surface area contributed by atoms with Gasteiger partial charge in [0.15, 0.2) is 0 Å². The lowest BCUT2D eigenvalue weighted by molar-refractivity contribution is -0.114. The smallest absolute Gasteiger partial charge is 0.265 e. The fraction of sp³-hybridized carbons (Fsp3) is 0.333. The molecule has 3 aromatic rings. The van der Waals surface area contributed by atoms with Crippen LogP contribution in [0.25, 0.3) is 0 Å². The van der Waals surface area contributed by atoms with Crippen molar-refractivity contribution in [3.63, 3.8) is 0 Å². The van der Waals surface area contributed by atoms with Crippen LogP contribution < -0.4 is 16.4 Å². The Morgan fingerprint density at radius 3 is 2.66 bits per heavy atom. The van der Waals surface area contributed by atoms with E-state index >= 15 is 0 Å². The maximum atomic E-state index is 14.6. The third-order valence-electron chi connectivity index (χ3n) is 7.75. The number of aromatic nitrogens is 1. The van der Waals surface area contributed by atoms with Crippen LogP contribution in [0.5, 0.6) is 0 Å². The number of fused-ring (bicyclic) bond motifs is 1. The fourth-order valence-electron chi connectivity index (χ4n) is 5.37. The minimum atomic E-state index is -0.789. The number of thiophene rings is 1. The number of likely N-dealkylation sites (tertiary alicyclic amines) is 1. The first-order chi connectivity index (χ1) is 19.4. The average Bonchev–Trinajstić information content (AvgIpc) is 3.60. The molecule has 6 N–H and O–H groups in total. The highest BCUT2D eigenvalue weighted by molar-refractivity contribution is 7.14. The number of nitrogens with two attached hydrogens (primary N) is 1. The minimum Gasteiger partial charge on any atom is -0.388 e. The van der Waals surface area contributed by atoms with Gasteiger partial charge in [0.2, 0.25) is 0 Å². The molecular formula is C30H33FN6O3S. The Kier molecular flexibility index (Phi) is 7.78. The number of anilines is 2. The minimum absolute atomic E-state index is 0.0577. The molecule has 41 heavy (non-hydrogen) atoms. The van der Waals surface area contributed by atoms with E-state index in [-0.39, 0.29) is 28.1 Å². The lowest BCUT2D eigenvalue weighted by Crippen LogP contribution is -2.22. The summed E-state index contributed by atoms with van der Waals surface area (Å²) in [6.07, 6.45) is 5.18. The Morgan fingerprint density at radius 1 is 1.24 bits per heavy atom. The second-order valence-electron chi connectivity index (χ2n) is 11.3. The molecule has 1 saturated heterocycles. The second-order valence-corrected chi connectivity index (χ2v) is 12.4. The third-order valence-corrected chi connectivity index (χ3v) is 8.90. The van der Waals surface area contributed by atoms with E-state index in [2.05, 4.69) is 27.6 Å². The van der Waals surface area contributed by atoms with Crippen molar-refractivity contribution >= 4 is 40.4 Å². The molecule has 2 aromatic heterocycles. The van der Waals surface area contributed by atoms with Gasteiger partial charge in [-0.15, -0.1) is 11.3 Å². The first kappa shape index (κ1) is 28.6. The summed E-state index contributed by atoms with van der Waals surface area (Å²) in [6, 6.07) is 9.52. The topological polar surface area (TPSA) is 144 Å². The van der Waals surface area contributed by atoms with Gasteiger partial charge in [-0.05, 0) is 85.8 Å². The predicted molar refractivity (Wildman–Crippen MR) is 158 cm³/mol. The van der Waals surface area contributed by atoms with Crippen molar-refractivity contribution in [2.45, 2.75) is 45.3 Å². The SMILES string of the molecule is CN1CCC[C@H]1c1ccc(N/C(=C/C(=N)c2ccc(F)c(NC(=O)c3cc4c(s3)CC(C)(C)C4O)c2)C(N)=O)nc1. The van der Waals surface area contributed by atoms with Crippen molar-refractivity contribution in [1.82, 2.24) is 9.88 Å². The maximum Gasteiger partial charge on any atom is 0.265 e. The van der Waals surface area contributed by atoms with Crippen molar-refractivity contribution in [1.29, 1.82) is 5.41 Å². The average molecular weight is 577 g/mol. The van der Waals surface area contributed by atoms with Crippen LogP contribution in [0.2, 0.25) is 0 Å². The van der Waals surface area contributed by atoms with Crippen LogP contribution in [-0.2, 0) is 11.2 Å². The molecule has 0 bridgehead atoms. The van der Waals surface area contributed by atoms with Crippen LogP contribution in [0.4, 0.5) is 15.9 Å². The summed E-state index contributed by atoms with van der Waals surface area (Å²) in [5, 5.41) is 24.5. The number of allylic oxidation sites excluding steroid dienone is 1. The number of halogens is 1. The molecule has 11 heteroatoms. The summed E-state index contributed by atoms with van der Waals surface area (Å²) in [7, 11) is 2.08. The van der Waals surface area contributed by atoms with Gasteiger partial charge in [0.05, 0.1) is 22.4 Å². The molecule has 3 heterocycles. The predicted octanol–water partition coefficient (Wildman–Crippen LogP) is 4.77. The van der Waals surface area contributed by atoms with Crippen LogP contribution in [0.1, 0.15) is 70.1 Å². The molecule has 2 amide bonds. The van der Waals surface area contributed by atoms with Crippen molar-refractivity contribution < 1.29 is 19.1 Å². The van der Waals surface area contributed by atoms with Crippen LogP contribution in [0, 0.1) is 16.6 Å². The van der Waals surface area contributed by atoms with Crippen LogP contribution in [0.15, 0.2) is 54.4 Å². The maximum absolute atomic E-state index is 14.6. The molecule has 0 saturated carbocycles. The summed E-state index contributed by atoms with van der Waals surface area (Å²) in [5.74, 6) is -1.57. The highest BCUT2D eigenvalue weighted by atomic mass is 32.1. The molecule has 1 aliphatic carbocycles. The van der Waals surface area contributed by atoms with E-state index in [1.54, 1.807) is 18.3 Å².